The Bertz CT molecular complexity index is 784. The Kier molecular flexibility index (Phi) is 5.30. The molecule has 1 aromatic carbocycles. The molecule has 0 aromatic heterocycles. The Balaban J connectivity index is 2.11. The molecule has 2 aliphatic rings. The number of benzene rings is 1. The first-order valence-electron chi connectivity index (χ1n) is 9.46. The van der Waals surface area contributed by atoms with Crippen molar-refractivity contribution in [3.05, 3.63) is 57.9 Å². The zero-order valence-electron chi connectivity index (χ0n) is 16.0. The van der Waals surface area contributed by atoms with Gasteiger partial charge in [-0.3, -0.25) is 4.79 Å². The third kappa shape index (κ3) is 3.46. The number of aryl methyl sites for hydroxylation is 1. The molecule has 0 unspecified atom stereocenters. The number of esters is 1. The third-order valence-corrected chi connectivity index (χ3v) is 5.06. The summed E-state index contributed by atoms with van der Waals surface area (Å²) in [6.45, 7) is 7.69. The van der Waals surface area contributed by atoms with Crippen LogP contribution in [0.3, 0.4) is 0 Å². The zero-order valence-corrected chi connectivity index (χ0v) is 16.0. The maximum atomic E-state index is 12.9. The summed E-state index contributed by atoms with van der Waals surface area (Å²) in [7, 11) is 0. The van der Waals surface area contributed by atoms with Crippen molar-refractivity contribution in [1.82, 2.24) is 5.32 Å². The highest BCUT2D eigenvalue weighted by molar-refractivity contribution is 6.03. The predicted molar refractivity (Wildman–Crippen MR) is 102 cm³/mol. The van der Waals surface area contributed by atoms with E-state index in [2.05, 4.69) is 24.4 Å². The second kappa shape index (κ2) is 7.48. The van der Waals surface area contributed by atoms with E-state index in [-0.39, 0.29) is 23.8 Å². The van der Waals surface area contributed by atoms with E-state index in [9.17, 15) is 9.59 Å². The normalized spacial score (nSPS) is 20.2. The van der Waals surface area contributed by atoms with E-state index in [1.807, 2.05) is 32.9 Å². The van der Waals surface area contributed by atoms with Crippen LogP contribution in [0.2, 0.25) is 0 Å². The number of ether oxygens (including phenoxy) is 1. The minimum atomic E-state index is -0.351. The summed E-state index contributed by atoms with van der Waals surface area (Å²) in [6, 6.07) is 8.23. The van der Waals surface area contributed by atoms with Crippen LogP contribution in [0.25, 0.3) is 0 Å². The minimum absolute atomic E-state index is 0.130. The molecule has 4 nitrogen and oxygen atoms in total. The van der Waals surface area contributed by atoms with Crippen molar-refractivity contribution >= 4 is 11.8 Å². The van der Waals surface area contributed by atoms with Crippen LogP contribution in [0.4, 0.5) is 0 Å². The monoisotopic (exact) mass is 353 g/mol. The number of allylic oxidation sites excluding steroid dienone is 3. The van der Waals surface area contributed by atoms with Crippen LogP contribution in [0, 0.1) is 0 Å². The van der Waals surface area contributed by atoms with Gasteiger partial charge in [0, 0.05) is 29.3 Å². The van der Waals surface area contributed by atoms with Crippen LogP contribution >= 0.6 is 0 Å². The van der Waals surface area contributed by atoms with Crippen LogP contribution in [0.5, 0.6) is 0 Å². The van der Waals surface area contributed by atoms with Gasteiger partial charge in [0.1, 0.15) is 0 Å². The van der Waals surface area contributed by atoms with Gasteiger partial charge in [0.2, 0.25) is 0 Å². The van der Waals surface area contributed by atoms with Gasteiger partial charge >= 0.3 is 5.97 Å². The molecule has 26 heavy (non-hydrogen) atoms. The Labute approximate surface area is 155 Å². The lowest BCUT2D eigenvalue weighted by Gasteiger charge is -2.34. The number of hydrogen-bond acceptors (Lipinski definition) is 4. The topological polar surface area (TPSA) is 55.4 Å². The molecule has 1 aromatic rings. The van der Waals surface area contributed by atoms with Crippen molar-refractivity contribution < 1.29 is 14.3 Å². The second-order valence-electron chi connectivity index (χ2n) is 7.31. The highest BCUT2D eigenvalue weighted by atomic mass is 16.5. The third-order valence-electron chi connectivity index (χ3n) is 5.06. The predicted octanol–water partition coefficient (Wildman–Crippen LogP) is 4.17. The largest absolute Gasteiger partial charge is 0.460 e. The number of ketones is 1. The average Bonchev–Trinajstić information content (AvgIpc) is 2.60. The van der Waals surface area contributed by atoms with Gasteiger partial charge in [-0.1, -0.05) is 31.2 Å². The van der Waals surface area contributed by atoms with Crippen LogP contribution < -0.4 is 5.32 Å². The molecule has 0 saturated heterocycles. The number of nitrogens with one attached hydrogen (secondary N) is 1. The Morgan fingerprint density at radius 3 is 2.54 bits per heavy atom. The summed E-state index contributed by atoms with van der Waals surface area (Å²) in [5.74, 6) is -0.568. The maximum absolute atomic E-state index is 12.9. The van der Waals surface area contributed by atoms with Gasteiger partial charge in [-0.05, 0) is 51.2 Å². The second-order valence-corrected chi connectivity index (χ2v) is 7.31. The van der Waals surface area contributed by atoms with Gasteiger partial charge in [-0.2, -0.15) is 0 Å². The zero-order chi connectivity index (χ0) is 18.8. The fourth-order valence-electron chi connectivity index (χ4n) is 3.81. The van der Waals surface area contributed by atoms with Crippen LogP contribution in [0.15, 0.2) is 46.8 Å². The molecule has 0 spiro atoms. The summed E-state index contributed by atoms with van der Waals surface area (Å²) in [5.41, 5.74) is 5.25. The van der Waals surface area contributed by atoms with Gasteiger partial charge in [0.15, 0.2) is 5.78 Å². The number of carbonyl (C=O) groups excluding carboxylic acids is 2. The lowest BCUT2D eigenvalue weighted by atomic mass is 9.75. The summed E-state index contributed by atoms with van der Waals surface area (Å²) in [5, 5.41) is 3.31. The summed E-state index contributed by atoms with van der Waals surface area (Å²) >= 11 is 0. The van der Waals surface area contributed by atoms with Crippen LogP contribution in [-0.4, -0.2) is 17.9 Å². The van der Waals surface area contributed by atoms with Crippen molar-refractivity contribution in [2.75, 3.05) is 0 Å². The number of carbonyl (C=O) groups is 2. The van der Waals surface area contributed by atoms with Crippen molar-refractivity contribution in [1.29, 1.82) is 0 Å². The molecule has 0 saturated carbocycles. The SMILES string of the molecule is CCc1ccc([C@@H]2C(C(=O)OC(C)C)=C(C)NC3=C2C(=O)CCC3)cc1. The molecule has 0 amide bonds. The van der Waals surface area contributed by atoms with E-state index in [1.165, 1.54) is 5.56 Å². The number of rotatable bonds is 4. The van der Waals surface area contributed by atoms with Crippen LogP contribution in [-0.2, 0) is 20.7 Å². The Morgan fingerprint density at radius 2 is 1.92 bits per heavy atom. The fourth-order valence-corrected chi connectivity index (χ4v) is 3.81. The van der Waals surface area contributed by atoms with E-state index in [0.717, 1.165) is 41.8 Å². The van der Waals surface area contributed by atoms with Crippen molar-refractivity contribution in [3.63, 3.8) is 0 Å². The lowest BCUT2D eigenvalue weighted by Crippen LogP contribution is -2.34. The Hall–Kier alpha value is -2.36. The number of Topliss-reactive ketones (excluding diaryl/α,β-unsaturated/α-hetero) is 1. The van der Waals surface area contributed by atoms with Crippen molar-refractivity contribution in [2.24, 2.45) is 0 Å². The number of hydrogen-bond donors (Lipinski definition) is 1. The van der Waals surface area contributed by atoms with E-state index in [0.29, 0.717) is 12.0 Å². The van der Waals surface area contributed by atoms with Crippen molar-refractivity contribution in [3.8, 4) is 0 Å². The summed E-state index contributed by atoms with van der Waals surface area (Å²) in [4.78, 5) is 25.6. The molecule has 1 N–H and O–H groups in total. The molecule has 1 aliphatic carbocycles. The lowest BCUT2D eigenvalue weighted by molar-refractivity contribution is -0.143. The smallest absolute Gasteiger partial charge is 0.337 e. The van der Waals surface area contributed by atoms with Gasteiger partial charge in [0.05, 0.1) is 11.7 Å². The van der Waals surface area contributed by atoms with Gasteiger partial charge in [-0.15, -0.1) is 0 Å². The van der Waals surface area contributed by atoms with Crippen LogP contribution in [0.1, 0.15) is 64.0 Å². The molecule has 0 radical (unpaired) electrons. The molecule has 1 aliphatic heterocycles. The first-order valence-corrected chi connectivity index (χ1v) is 9.46. The summed E-state index contributed by atoms with van der Waals surface area (Å²) in [6.07, 6.45) is 2.98. The molecular weight excluding hydrogens is 326 g/mol. The molecule has 3 rings (SSSR count). The molecule has 138 valence electrons. The highest BCUT2D eigenvalue weighted by Crippen LogP contribution is 2.42. The maximum Gasteiger partial charge on any atom is 0.337 e. The van der Waals surface area contributed by atoms with E-state index < -0.39 is 0 Å². The van der Waals surface area contributed by atoms with E-state index >= 15 is 0 Å². The van der Waals surface area contributed by atoms with Gasteiger partial charge in [0.25, 0.3) is 0 Å². The van der Waals surface area contributed by atoms with E-state index in [1.54, 1.807) is 0 Å². The van der Waals surface area contributed by atoms with Gasteiger partial charge < -0.3 is 10.1 Å². The first-order chi connectivity index (χ1) is 12.4. The number of dihydropyridines is 1. The van der Waals surface area contributed by atoms with Gasteiger partial charge in [-0.25, -0.2) is 4.79 Å². The molecular formula is C22H27NO3. The minimum Gasteiger partial charge on any atom is -0.460 e. The fraction of sp³-hybridized carbons (Fsp3) is 0.455. The van der Waals surface area contributed by atoms with Crippen molar-refractivity contribution in [2.45, 2.75) is 65.4 Å². The molecule has 4 heteroatoms. The summed E-state index contributed by atoms with van der Waals surface area (Å²) < 4.78 is 5.50. The first kappa shape index (κ1) is 18.4. The van der Waals surface area contributed by atoms with E-state index in [4.69, 9.17) is 4.74 Å². The molecule has 0 bridgehead atoms. The molecule has 0 fully saturated rings. The Morgan fingerprint density at radius 1 is 1.23 bits per heavy atom. The highest BCUT2D eigenvalue weighted by Gasteiger charge is 2.39. The average molecular weight is 353 g/mol. The molecule has 1 atom stereocenters. The quantitative estimate of drug-likeness (QED) is 0.826. The standard InChI is InChI=1S/C22H27NO3/c1-5-15-9-11-16(12-10-15)20-19(22(25)26-13(2)3)14(4)23-17-7-6-8-18(24)21(17)20/h9-13,20,23H,5-8H2,1-4H3/t20-/m1/s1. The molecule has 1 heterocycles.